The van der Waals surface area contributed by atoms with Gasteiger partial charge < -0.3 is 24.8 Å². The highest BCUT2D eigenvalue weighted by molar-refractivity contribution is 5.87. The summed E-state index contributed by atoms with van der Waals surface area (Å²) in [6.07, 6.45) is -0.474. The molecule has 2 amide bonds. The predicted octanol–water partition coefficient (Wildman–Crippen LogP) is 1.86. The quantitative estimate of drug-likeness (QED) is 0.656. The first kappa shape index (κ1) is 21.7. The van der Waals surface area contributed by atoms with Gasteiger partial charge in [0.15, 0.2) is 0 Å². The monoisotopic (exact) mass is 400 g/mol. The van der Waals surface area contributed by atoms with Gasteiger partial charge in [-0.15, -0.1) is 0 Å². The molecule has 1 unspecified atom stereocenters. The number of hydrogen-bond donors (Lipinski definition) is 2. The molecule has 2 N–H and O–H groups in total. The van der Waals surface area contributed by atoms with Gasteiger partial charge in [-0.2, -0.15) is 0 Å². The number of esters is 1. The average Bonchev–Trinajstić information content (AvgIpc) is 2.73. The van der Waals surface area contributed by atoms with Crippen molar-refractivity contribution in [3.05, 3.63) is 65.7 Å². The highest BCUT2D eigenvalue weighted by Gasteiger charge is 2.23. The van der Waals surface area contributed by atoms with Gasteiger partial charge in [0.2, 0.25) is 5.91 Å². The van der Waals surface area contributed by atoms with E-state index >= 15 is 0 Å². The maximum absolute atomic E-state index is 12.3. The van der Waals surface area contributed by atoms with E-state index in [9.17, 15) is 19.5 Å². The molecule has 0 aliphatic carbocycles. The number of benzene rings is 2. The lowest BCUT2D eigenvalue weighted by Crippen LogP contribution is -2.47. The summed E-state index contributed by atoms with van der Waals surface area (Å²) in [4.78, 5) is 37.5. The van der Waals surface area contributed by atoms with Crippen LogP contribution in [0.5, 0.6) is 5.75 Å². The van der Waals surface area contributed by atoms with Crippen LogP contribution in [0.25, 0.3) is 0 Å². The number of carbonyl (C=O) groups excluding carboxylic acids is 3. The first-order valence-corrected chi connectivity index (χ1v) is 8.96. The number of hydrogen-bond acceptors (Lipinski definition) is 6. The SMILES string of the molecule is COC(=O)C(Cc1ccc(O)cc1)NC(=O)CN(C)C(=O)OCc1ccccc1. The highest BCUT2D eigenvalue weighted by atomic mass is 16.6. The number of carbonyl (C=O) groups is 3. The molecule has 0 radical (unpaired) electrons. The van der Waals surface area contributed by atoms with Gasteiger partial charge in [0.1, 0.15) is 24.9 Å². The fraction of sp³-hybridized carbons (Fsp3) is 0.286. The Kier molecular flexibility index (Phi) is 8.02. The number of likely N-dealkylation sites (N-methyl/N-ethyl adjacent to an activating group) is 1. The van der Waals surface area contributed by atoms with Crippen LogP contribution in [-0.2, 0) is 32.1 Å². The Balaban J connectivity index is 1.88. The number of methoxy groups -OCH3 is 1. The number of rotatable bonds is 8. The topological polar surface area (TPSA) is 105 Å². The second-order valence-corrected chi connectivity index (χ2v) is 6.41. The predicted molar refractivity (Wildman–Crippen MR) is 105 cm³/mol. The summed E-state index contributed by atoms with van der Waals surface area (Å²) in [5.41, 5.74) is 1.56. The van der Waals surface area contributed by atoms with E-state index in [4.69, 9.17) is 9.47 Å². The van der Waals surface area contributed by atoms with E-state index in [-0.39, 0.29) is 25.3 Å². The molecule has 0 saturated carbocycles. The molecule has 0 heterocycles. The zero-order valence-corrected chi connectivity index (χ0v) is 16.3. The van der Waals surface area contributed by atoms with Crippen molar-refractivity contribution < 1.29 is 29.0 Å². The Morgan fingerprint density at radius 3 is 2.31 bits per heavy atom. The molecular weight excluding hydrogens is 376 g/mol. The third-order valence-corrected chi connectivity index (χ3v) is 4.09. The molecule has 0 aromatic heterocycles. The van der Waals surface area contributed by atoms with E-state index in [1.165, 1.54) is 26.3 Å². The molecule has 0 spiro atoms. The Hall–Kier alpha value is -3.55. The number of aromatic hydroxyl groups is 1. The minimum Gasteiger partial charge on any atom is -0.508 e. The number of nitrogens with zero attached hydrogens (tertiary/aromatic N) is 1. The van der Waals surface area contributed by atoms with Crippen LogP contribution >= 0.6 is 0 Å². The van der Waals surface area contributed by atoms with E-state index < -0.39 is 24.0 Å². The third kappa shape index (κ3) is 7.17. The van der Waals surface area contributed by atoms with Gasteiger partial charge in [0.05, 0.1) is 7.11 Å². The summed E-state index contributed by atoms with van der Waals surface area (Å²) in [6, 6.07) is 14.5. The average molecular weight is 400 g/mol. The van der Waals surface area contributed by atoms with Gasteiger partial charge in [-0.1, -0.05) is 42.5 Å². The van der Waals surface area contributed by atoms with E-state index in [1.54, 1.807) is 12.1 Å². The number of amides is 2. The maximum atomic E-state index is 12.3. The molecule has 8 nitrogen and oxygen atoms in total. The lowest BCUT2D eigenvalue weighted by Gasteiger charge is -2.20. The van der Waals surface area contributed by atoms with Crippen molar-refractivity contribution in [3.63, 3.8) is 0 Å². The van der Waals surface area contributed by atoms with E-state index in [1.807, 2.05) is 30.3 Å². The van der Waals surface area contributed by atoms with Crippen LogP contribution in [0.15, 0.2) is 54.6 Å². The van der Waals surface area contributed by atoms with Gasteiger partial charge in [-0.25, -0.2) is 9.59 Å². The molecule has 2 rings (SSSR count). The molecule has 0 bridgehead atoms. The van der Waals surface area contributed by atoms with Crippen LogP contribution in [0.3, 0.4) is 0 Å². The largest absolute Gasteiger partial charge is 0.508 e. The lowest BCUT2D eigenvalue weighted by atomic mass is 10.1. The van der Waals surface area contributed by atoms with Crippen LogP contribution in [-0.4, -0.2) is 54.7 Å². The van der Waals surface area contributed by atoms with Crippen molar-refractivity contribution in [2.24, 2.45) is 0 Å². The molecule has 154 valence electrons. The number of ether oxygens (including phenoxy) is 2. The highest BCUT2D eigenvalue weighted by Crippen LogP contribution is 2.12. The fourth-order valence-electron chi connectivity index (χ4n) is 2.55. The molecule has 0 fully saturated rings. The van der Waals surface area contributed by atoms with Crippen molar-refractivity contribution >= 4 is 18.0 Å². The maximum Gasteiger partial charge on any atom is 0.410 e. The van der Waals surface area contributed by atoms with Crippen molar-refractivity contribution in [1.29, 1.82) is 0 Å². The van der Waals surface area contributed by atoms with Crippen molar-refractivity contribution in [1.82, 2.24) is 10.2 Å². The molecule has 2 aromatic carbocycles. The van der Waals surface area contributed by atoms with E-state index in [2.05, 4.69) is 5.32 Å². The minimum absolute atomic E-state index is 0.0945. The molecule has 0 aliphatic rings. The summed E-state index contributed by atoms with van der Waals surface area (Å²) in [5, 5.41) is 11.9. The van der Waals surface area contributed by atoms with E-state index in [0.29, 0.717) is 0 Å². The van der Waals surface area contributed by atoms with Crippen LogP contribution in [0.2, 0.25) is 0 Å². The normalized spacial score (nSPS) is 11.2. The van der Waals surface area contributed by atoms with Crippen LogP contribution in [0.4, 0.5) is 4.79 Å². The summed E-state index contributed by atoms with van der Waals surface area (Å²) < 4.78 is 9.90. The molecule has 0 aliphatic heterocycles. The van der Waals surface area contributed by atoms with Crippen LogP contribution < -0.4 is 5.32 Å². The smallest absolute Gasteiger partial charge is 0.410 e. The Morgan fingerprint density at radius 2 is 1.69 bits per heavy atom. The molecule has 8 heteroatoms. The fourth-order valence-corrected chi connectivity index (χ4v) is 2.55. The van der Waals surface area contributed by atoms with Gasteiger partial charge in [-0.05, 0) is 23.3 Å². The number of phenolic OH excluding ortho intramolecular Hbond substituents is 1. The van der Waals surface area contributed by atoms with Gasteiger partial charge >= 0.3 is 12.1 Å². The van der Waals surface area contributed by atoms with Gasteiger partial charge in [0.25, 0.3) is 0 Å². The molecule has 1 atom stereocenters. The first-order chi connectivity index (χ1) is 13.9. The van der Waals surface area contributed by atoms with Crippen LogP contribution in [0, 0.1) is 0 Å². The molecule has 2 aromatic rings. The standard InChI is InChI=1S/C21H24N2O6/c1-23(21(27)29-14-16-6-4-3-5-7-16)13-19(25)22-18(20(26)28-2)12-15-8-10-17(24)11-9-15/h3-11,18,24H,12-14H2,1-2H3,(H,22,25). The summed E-state index contributed by atoms with van der Waals surface area (Å²) in [6.45, 7) is -0.187. The van der Waals surface area contributed by atoms with Crippen molar-refractivity contribution in [3.8, 4) is 5.75 Å². The zero-order chi connectivity index (χ0) is 21.2. The number of nitrogens with one attached hydrogen (secondary N) is 1. The Bertz CT molecular complexity index is 823. The first-order valence-electron chi connectivity index (χ1n) is 8.96. The lowest BCUT2D eigenvalue weighted by molar-refractivity contribution is -0.145. The minimum atomic E-state index is -0.925. The summed E-state index contributed by atoms with van der Waals surface area (Å²) in [5.74, 6) is -1.04. The second kappa shape index (κ2) is 10.7. The van der Waals surface area contributed by atoms with Crippen molar-refractivity contribution in [2.75, 3.05) is 20.7 Å². The summed E-state index contributed by atoms with van der Waals surface area (Å²) in [7, 11) is 2.66. The van der Waals surface area contributed by atoms with Gasteiger partial charge in [-0.3, -0.25) is 4.79 Å². The summed E-state index contributed by atoms with van der Waals surface area (Å²) >= 11 is 0. The van der Waals surface area contributed by atoms with Crippen LogP contribution in [0.1, 0.15) is 11.1 Å². The van der Waals surface area contributed by atoms with Crippen molar-refractivity contribution in [2.45, 2.75) is 19.1 Å². The Morgan fingerprint density at radius 1 is 1.03 bits per heavy atom. The second-order valence-electron chi connectivity index (χ2n) is 6.41. The van der Waals surface area contributed by atoms with E-state index in [0.717, 1.165) is 16.0 Å². The molecule has 29 heavy (non-hydrogen) atoms. The third-order valence-electron chi connectivity index (χ3n) is 4.09. The molecular formula is C21H24N2O6. The number of phenols is 1. The zero-order valence-electron chi connectivity index (χ0n) is 16.3. The Labute approximate surface area is 169 Å². The molecule has 0 saturated heterocycles. The van der Waals surface area contributed by atoms with Gasteiger partial charge in [0, 0.05) is 13.5 Å².